The van der Waals surface area contributed by atoms with Crippen molar-refractivity contribution in [2.75, 3.05) is 6.54 Å². The molecule has 1 unspecified atom stereocenters. The Morgan fingerprint density at radius 1 is 1.39 bits per heavy atom. The Kier molecular flexibility index (Phi) is 3.43. The van der Waals surface area contributed by atoms with Gasteiger partial charge in [0.1, 0.15) is 0 Å². The highest BCUT2D eigenvalue weighted by molar-refractivity contribution is 6.02. The quantitative estimate of drug-likeness (QED) is 0.839. The second-order valence-corrected chi connectivity index (χ2v) is 4.86. The molecule has 18 heavy (non-hydrogen) atoms. The third kappa shape index (κ3) is 2.14. The molecule has 1 aromatic carbocycles. The van der Waals surface area contributed by atoms with Crippen LogP contribution in [0.15, 0.2) is 36.5 Å². The highest BCUT2D eigenvalue weighted by Crippen LogP contribution is 2.26. The van der Waals surface area contributed by atoms with Gasteiger partial charge in [0.15, 0.2) is 5.78 Å². The van der Waals surface area contributed by atoms with Crippen LogP contribution in [0.25, 0.3) is 10.9 Å². The van der Waals surface area contributed by atoms with E-state index in [0.717, 1.165) is 17.3 Å². The van der Waals surface area contributed by atoms with Gasteiger partial charge in [-0.25, -0.2) is 0 Å². The Balaban J connectivity index is 2.45. The highest BCUT2D eigenvalue weighted by Gasteiger charge is 2.30. The van der Waals surface area contributed by atoms with E-state index in [1.807, 2.05) is 44.2 Å². The van der Waals surface area contributed by atoms with Crippen LogP contribution in [0, 0.1) is 5.41 Å². The standard InChI is InChI=1S/C15H18N2O/c1-3-15(2,10-16)14(18)12-6-7-13-11(9-12)5-4-8-17-13/h4-9H,3,10,16H2,1-2H3. The molecule has 0 radical (unpaired) electrons. The molecule has 2 rings (SSSR count). The minimum atomic E-state index is -0.476. The van der Waals surface area contributed by atoms with Crippen molar-refractivity contribution in [1.29, 1.82) is 0 Å². The molecule has 1 heterocycles. The van der Waals surface area contributed by atoms with Crippen LogP contribution in [-0.4, -0.2) is 17.3 Å². The summed E-state index contributed by atoms with van der Waals surface area (Å²) in [6, 6.07) is 9.45. The van der Waals surface area contributed by atoms with Crippen LogP contribution in [0.1, 0.15) is 30.6 Å². The summed E-state index contributed by atoms with van der Waals surface area (Å²) in [4.78, 5) is 16.7. The molecule has 0 bridgehead atoms. The summed E-state index contributed by atoms with van der Waals surface area (Å²) in [6.45, 7) is 4.28. The van der Waals surface area contributed by atoms with E-state index in [9.17, 15) is 4.79 Å². The fraction of sp³-hybridized carbons (Fsp3) is 0.333. The van der Waals surface area contributed by atoms with Crippen LogP contribution in [0.4, 0.5) is 0 Å². The van der Waals surface area contributed by atoms with Crippen molar-refractivity contribution in [3.63, 3.8) is 0 Å². The maximum absolute atomic E-state index is 12.5. The first-order chi connectivity index (χ1) is 8.60. The summed E-state index contributed by atoms with van der Waals surface area (Å²) in [5, 5.41) is 0.985. The maximum Gasteiger partial charge on any atom is 0.169 e. The van der Waals surface area contributed by atoms with Gasteiger partial charge in [0, 0.05) is 29.1 Å². The van der Waals surface area contributed by atoms with Crippen LogP contribution < -0.4 is 5.73 Å². The molecule has 0 amide bonds. The summed E-state index contributed by atoms with van der Waals surface area (Å²) in [5.41, 5.74) is 6.87. The van der Waals surface area contributed by atoms with Gasteiger partial charge in [0.05, 0.1) is 5.52 Å². The SMILES string of the molecule is CCC(C)(CN)C(=O)c1ccc2ncccc2c1. The largest absolute Gasteiger partial charge is 0.329 e. The lowest BCUT2D eigenvalue weighted by Crippen LogP contribution is -2.35. The Hall–Kier alpha value is -1.74. The van der Waals surface area contributed by atoms with Crippen LogP contribution >= 0.6 is 0 Å². The van der Waals surface area contributed by atoms with Crippen LogP contribution in [0.3, 0.4) is 0 Å². The molecule has 1 aromatic heterocycles. The average molecular weight is 242 g/mol. The topological polar surface area (TPSA) is 56.0 Å². The number of aromatic nitrogens is 1. The van der Waals surface area contributed by atoms with E-state index >= 15 is 0 Å². The van der Waals surface area contributed by atoms with Gasteiger partial charge in [-0.2, -0.15) is 0 Å². The first-order valence-electron chi connectivity index (χ1n) is 6.20. The predicted molar refractivity (Wildman–Crippen MR) is 73.5 cm³/mol. The monoisotopic (exact) mass is 242 g/mol. The third-order valence-electron chi connectivity index (χ3n) is 3.64. The fourth-order valence-corrected chi connectivity index (χ4v) is 1.96. The van der Waals surface area contributed by atoms with Gasteiger partial charge in [0.25, 0.3) is 0 Å². The number of nitrogens with two attached hydrogens (primary N) is 1. The van der Waals surface area contributed by atoms with Crippen molar-refractivity contribution in [3.8, 4) is 0 Å². The molecular weight excluding hydrogens is 224 g/mol. The maximum atomic E-state index is 12.5. The number of ketones is 1. The predicted octanol–water partition coefficient (Wildman–Crippen LogP) is 2.79. The number of carbonyl (C=O) groups excluding carboxylic acids is 1. The number of Topliss-reactive ketones (excluding diaryl/α,β-unsaturated/α-hetero) is 1. The smallest absolute Gasteiger partial charge is 0.169 e. The van der Waals surface area contributed by atoms with Gasteiger partial charge in [0.2, 0.25) is 0 Å². The van der Waals surface area contributed by atoms with Gasteiger partial charge in [-0.3, -0.25) is 9.78 Å². The highest BCUT2D eigenvalue weighted by atomic mass is 16.1. The van der Waals surface area contributed by atoms with Gasteiger partial charge in [-0.1, -0.05) is 19.9 Å². The minimum absolute atomic E-state index is 0.109. The molecule has 94 valence electrons. The van der Waals surface area contributed by atoms with Crippen molar-refractivity contribution >= 4 is 16.7 Å². The lowest BCUT2D eigenvalue weighted by atomic mass is 9.80. The molecule has 1 atom stereocenters. The molecule has 3 heteroatoms. The van der Waals surface area contributed by atoms with Crippen molar-refractivity contribution < 1.29 is 4.79 Å². The first kappa shape index (κ1) is 12.7. The van der Waals surface area contributed by atoms with Gasteiger partial charge in [-0.05, 0) is 30.7 Å². The summed E-state index contributed by atoms with van der Waals surface area (Å²) < 4.78 is 0. The number of rotatable bonds is 4. The second kappa shape index (κ2) is 4.86. The molecule has 3 nitrogen and oxygen atoms in total. The number of hydrogen-bond donors (Lipinski definition) is 1. The zero-order valence-corrected chi connectivity index (χ0v) is 10.8. The third-order valence-corrected chi connectivity index (χ3v) is 3.64. The fourth-order valence-electron chi connectivity index (χ4n) is 1.96. The van der Waals surface area contributed by atoms with Crippen molar-refractivity contribution in [1.82, 2.24) is 4.98 Å². The first-order valence-corrected chi connectivity index (χ1v) is 6.20. The minimum Gasteiger partial charge on any atom is -0.329 e. The molecule has 0 saturated heterocycles. The molecule has 0 aliphatic rings. The molecular formula is C15H18N2O. The lowest BCUT2D eigenvalue weighted by Gasteiger charge is -2.24. The van der Waals surface area contributed by atoms with Crippen LogP contribution in [0.5, 0.6) is 0 Å². The summed E-state index contributed by atoms with van der Waals surface area (Å²) in [6.07, 6.45) is 2.49. The van der Waals surface area contributed by atoms with Gasteiger partial charge in [-0.15, -0.1) is 0 Å². The Bertz CT molecular complexity index is 573. The molecule has 0 saturated carbocycles. The molecule has 0 spiro atoms. The number of fused-ring (bicyclic) bond motifs is 1. The van der Waals surface area contributed by atoms with Crippen LogP contribution in [0.2, 0.25) is 0 Å². The lowest BCUT2D eigenvalue weighted by molar-refractivity contribution is 0.0820. The van der Waals surface area contributed by atoms with E-state index < -0.39 is 5.41 Å². The van der Waals surface area contributed by atoms with E-state index in [1.165, 1.54) is 0 Å². The van der Waals surface area contributed by atoms with E-state index in [2.05, 4.69) is 4.98 Å². The van der Waals surface area contributed by atoms with Crippen molar-refractivity contribution in [2.24, 2.45) is 11.1 Å². The number of carbonyl (C=O) groups is 1. The summed E-state index contributed by atoms with van der Waals surface area (Å²) in [5.74, 6) is 0.109. The number of benzene rings is 1. The molecule has 2 aromatic rings. The zero-order chi connectivity index (χ0) is 13.2. The number of nitrogens with zero attached hydrogens (tertiary/aromatic N) is 1. The van der Waals surface area contributed by atoms with Gasteiger partial charge >= 0.3 is 0 Å². The molecule has 0 fully saturated rings. The summed E-state index contributed by atoms with van der Waals surface area (Å²) in [7, 11) is 0. The Morgan fingerprint density at radius 3 is 2.83 bits per heavy atom. The normalized spacial score (nSPS) is 14.4. The van der Waals surface area contributed by atoms with Crippen LogP contribution in [-0.2, 0) is 0 Å². The van der Waals surface area contributed by atoms with Crippen molar-refractivity contribution in [2.45, 2.75) is 20.3 Å². The van der Waals surface area contributed by atoms with E-state index in [4.69, 9.17) is 5.73 Å². The van der Waals surface area contributed by atoms with E-state index in [0.29, 0.717) is 12.1 Å². The zero-order valence-electron chi connectivity index (χ0n) is 10.8. The van der Waals surface area contributed by atoms with Crippen molar-refractivity contribution in [3.05, 3.63) is 42.1 Å². The molecule has 0 aliphatic carbocycles. The Labute approximate surface area is 107 Å². The van der Waals surface area contributed by atoms with Gasteiger partial charge < -0.3 is 5.73 Å². The molecule has 2 N–H and O–H groups in total. The van der Waals surface area contributed by atoms with E-state index in [1.54, 1.807) is 6.20 Å². The number of pyridine rings is 1. The Morgan fingerprint density at radius 2 is 2.17 bits per heavy atom. The summed E-state index contributed by atoms with van der Waals surface area (Å²) >= 11 is 0. The van der Waals surface area contributed by atoms with E-state index in [-0.39, 0.29) is 5.78 Å². The molecule has 0 aliphatic heterocycles. The second-order valence-electron chi connectivity index (χ2n) is 4.86. The average Bonchev–Trinajstić information content (AvgIpc) is 2.45. The number of hydrogen-bond acceptors (Lipinski definition) is 3.